The Balaban J connectivity index is 2.23. The lowest BCUT2D eigenvalue weighted by molar-refractivity contribution is 0.627. The fourth-order valence-electron chi connectivity index (χ4n) is 2.40. The molecule has 0 amide bonds. The third kappa shape index (κ3) is 3.18. The Kier molecular flexibility index (Phi) is 4.50. The zero-order valence-corrected chi connectivity index (χ0v) is 13.4. The van der Waals surface area contributed by atoms with Gasteiger partial charge in [-0.2, -0.15) is 0 Å². The van der Waals surface area contributed by atoms with Crippen molar-refractivity contribution in [2.75, 3.05) is 0 Å². The topological polar surface area (TPSA) is 0 Å². The number of hydrogen-bond acceptors (Lipinski definition) is 0. The summed E-state index contributed by atoms with van der Waals surface area (Å²) in [4.78, 5) is 0. The average Bonchev–Trinajstić information content (AvgIpc) is 2.57. The molecule has 3 rings (SSSR count). The molecule has 0 heterocycles. The van der Waals surface area contributed by atoms with Crippen molar-refractivity contribution >= 4 is 26.0 Å². The van der Waals surface area contributed by atoms with Crippen LogP contribution >= 0.6 is 15.9 Å². The summed E-state index contributed by atoms with van der Waals surface area (Å²) in [7, 11) is 0. The van der Waals surface area contributed by atoms with E-state index in [1.807, 2.05) is 42.5 Å². The third-order valence-electron chi connectivity index (χ3n) is 3.42. The maximum absolute atomic E-state index is 13.6. The van der Waals surface area contributed by atoms with Gasteiger partial charge in [0.1, 0.15) is 5.82 Å². The smallest absolute Gasteiger partial charge is 0.123 e. The second-order valence-electron chi connectivity index (χ2n) is 4.93. The fraction of sp³-hybridized carbons (Fsp3) is 0. The summed E-state index contributed by atoms with van der Waals surface area (Å²) in [5, 5.41) is 0. The molecule has 0 spiro atoms. The number of hydrogen-bond donors (Lipinski definition) is 0. The highest BCUT2D eigenvalue weighted by molar-refractivity contribution is 9.15. The summed E-state index contributed by atoms with van der Waals surface area (Å²) in [5.74, 6) is -0.241. The van der Waals surface area contributed by atoms with E-state index in [0.717, 1.165) is 26.7 Å². The normalized spacial score (nSPS) is 10.3. The summed E-state index contributed by atoms with van der Waals surface area (Å²) in [5.41, 5.74) is 4.05. The van der Waals surface area contributed by atoms with Crippen molar-refractivity contribution in [1.29, 1.82) is 0 Å². The molecule has 0 radical (unpaired) electrons. The lowest BCUT2D eigenvalue weighted by Gasteiger charge is -2.12. The van der Waals surface area contributed by atoms with Crippen LogP contribution in [0.25, 0.3) is 10.1 Å². The Hall–Kier alpha value is -2.19. The van der Waals surface area contributed by atoms with Crippen molar-refractivity contribution in [2.24, 2.45) is 0 Å². The Morgan fingerprint density at radius 1 is 0.636 bits per heavy atom. The van der Waals surface area contributed by atoms with Crippen LogP contribution in [0.2, 0.25) is 0 Å². The van der Waals surface area contributed by atoms with Gasteiger partial charge in [0.2, 0.25) is 0 Å². The highest BCUT2D eigenvalue weighted by Gasteiger charge is 2.12. The highest BCUT2D eigenvalue weighted by Crippen LogP contribution is 2.36. The van der Waals surface area contributed by atoms with Crippen molar-refractivity contribution in [3.05, 3.63) is 107 Å². The second kappa shape index (κ2) is 6.71. The van der Waals surface area contributed by atoms with Gasteiger partial charge in [-0.25, -0.2) is 4.39 Å². The van der Waals surface area contributed by atoms with Gasteiger partial charge >= 0.3 is 0 Å². The van der Waals surface area contributed by atoms with Crippen LogP contribution in [0.4, 0.5) is 4.39 Å². The number of rotatable bonds is 3. The molecule has 3 aromatic carbocycles. The molecule has 0 aliphatic heterocycles. The molecule has 0 bridgehead atoms. The predicted molar refractivity (Wildman–Crippen MR) is 94.1 cm³/mol. The largest absolute Gasteiger partial charge is 0.207 e. The van der Waals surface area contributed by atoms with Crippen molar-refractivity contribution in [2.45, 2.75) is 0 Å². The molecular formula is C20H14BrF. The van der Waals surface area contributed by atoms with Gasteiger partial charge in [0.05, 0.1) is 0 Å². The molecule has 0 unspecified atom stereocenters. The van der Waals surface area contributed by atoms with E-state index in [-0.39, 0.29) is 5.82 Å². The summed E-state index contributed by atoms with van der Waals surface area (Å²) < 4.78 is 14.4. The summed E-state index contributed by atoms with van der Waals surface area (Å²) in [6, 6.07) is 26.8. The van der Waals surface area contributed by atoms with Gasteiger partial charge in [0, 0.05) is 10.1 Å². The van der Waals surface area contributed by atoms with E-state index in [2.05, 4.69) is 40.2 Å². The van der Waals surface area contributed by atoms with E-state index >= 15 is 0 Å². The molecule has 0 nitrogen and oxygen atoms in total. The highest BCUT2D eigenvalue weighted by atomic mass is 79.9. The van der Waals surface area contributed by atoms with Gasteiger partial charge < -0.3 is 0 Å². The zero-order valence-electron chi connectivity index (χ0n) is 11.8. The molecule has 0 N–H and O–H groups in total. The molecular weight excluding hydrogens is 339 g/mol. The standard InChI is InChI=1S/C20H14BrF/c21-20(17-12-7-13-18(22)14-17)19(15-8-3-1-4-9-15)16-10-5-2-6-11-16/h1-14H. The Bertz CT molecular complexity index is 751. The Morgan fingerprint density at radius 3 is 1.64 bits per heavy atom. The van der Waals surface area contributed by atoms with Crippen LogP contribution in [0.5, 0.6) is 0 Å². The molecule has 0 aliphatic rings. The molecule has 2 heteroatoms. The summed E-state index contributed by atoms with van der Waals surface area (Å²) in [6.07, 6.45) is 0. The molecule has 0 aromatic heterocycles. The minimum atomic E-state index is -0.241. The lowest BCUT2D eigenvalue weighted by atomic mass is 9.96. The maximum atomic E-state index is 13.6. The monoisotopic (exact) mass is 352 g/mol. The first-order chi connectivity index (χ1) is 10.8. The van der Waals surface area contributed by atoms with Crippen LogP contribution < -0.4 is 0 Å². The van der Waals surface area contributed by atoms with Gasteiger partial charge in [-0.15, -0.1) is 0 Å². The zero-order chi connectivity index (χ0) is 15.4. The van der Waals surface area contributed by atoms with E-state index in [1.165, 1.54) is 12.1 Å². The predicted octanol–water partition coefficient (Wildman–Crippen LogP) is 6.14. The second-order valence-corrected chi connectivity index (χ2v) is 5.72. The first kappa shape index (κ1) is 14.7. The van der Waals surface area contributed by atoms with E-state index in [1.54, 1.807) is 6.07 Å². The maximum Gasteiger partial charge on any atom is 0.123 e. The van der Waals surface area contributed by atoms with Gasteiger partial charge in [0.25, 0.3) is 0 Å². The van der Waals surface area contributed by atoms with Gasteiger partial charge in [0.15, 0.2) is 0 Å². The van der Waals surface area contributed by atoms with Crippen LogP contribution in [0.1, 0.15) is 16.7 Å². The molecule has 0 atom stereocenters. The molecule has 3 aromatic rings. The molecule has 0 aliphatic carbocycles. The van der Waals surface area contributed by atoms with Crippen molar-refractivity contribution < 1.29 is 4.39 Å². The molecule has 0 fully saturated rings. The van der Waals surface area contributed by atoms with E-state index < -0.39 is 0 Å². The minimum Gasteiger partial charge on any atom is -0.207 e. The number of benzene rings is 3. The summed E-state index contributed by atoms with van der Waals surface area (Å²) in [6.45, 7) is 0. The van der Waals surface area contributed by atoms with Gasteiger partial charge in [-0.3, -0.25) is 0 Å². The van der Waals surface area contributed by atoms with E-state index in [0.29, 0.717) is 0 Å². The quantitative estimate of drug-likeness (QED) is 0.497. The van der Waals surface area contributed by atoms with Crippen molar-refractivity contribution in [3.8, 4) is 0 Å². The Labute approximate surface area is 138 Å². The third-order valence-corrected chi connectivity index (χ3v) is 4.28. The van der Waals surface area contributed by atoms with Crippen molar-refractivity contribution in [1.82, 2.24) is 0 Å². The minimum absolute atomic E-state index is 0.241. The molecule has 22 heavy (non-hydrogen) atoms. The average molecular weight is 353 g/mol. The molecule has 108 valence electrons. The van der Waals surface area contributed by atoms with Crippen LogP contribution in [-0.2, 0) is 0 Å². The summed E-state index contributed by atoms with van der Waals surface area (Å²) >= 11 is 3.67. The van der Waals surface area contributed by atoms with Gasteiger partial charge in [-0.05, 0) is 44.8 Å². The van der Waals surface area contributed by atoms with Crippen LogP contribution in [0.3, 0.4) is 0 Å². The molecule has 0 saturated carbocycles. The van der Waals surface area contributed by atoms with E-state index in [4.69, 9.17) is 0 Å². The van der Waals surface area contributed by atoms with Crippen LogP contribution in [-0.4, -0.2) is 0 Å². The van der Waals surface area contributed by atoms with Crippen molar-refractivity contribution in [3.63, 3.8) is 0 Å². The van der Waals surface area contributed by atoms with E-state index in [9.17, 15) is 4.39 Å². The first-order valence-electron chi connectivity index (χ1n) is 7.02. The SMILES string of the molecule is Fc1cccc(C(Br)=C(c2ccccc2)c2ccccc2)c1. The first-order valence-corrected chi connectivity index (χ1v) is 7.81. The number of halogens is 2. The van der Waals surface area contributed by atoms with Crippen LogP contribution in [0, 0.1) is 5.82 Å². The fourth-order valence-corrected chi connectivity index (χ4v) is 3.10. The van der Waals surface area contributed by atoms with Gasteiger partial charge in [-0.1, -0.05) is 72.8 Å². The lowest BCUT2D eigenvalue weighted by Crippen LogP contribution is -1.91. The molecule has 0 saturated heterocycles. The van der Waals surface area contributed by atoms with Crippen LogP contribution in [0.15, 0.2) is 84.9 Å². The Morgan fingerprint density at radius 2 is 1.14 bits per heavy atom.